The molecule has 0 heterocycles. The number of carbonyl (C=O) groups excluding carboxylic acids is 3. The molecule has 0 saturated heterocycles. The van der Waals surface area contributed by atoms with E-state index in [1.807, 2.05) is 13.8 Å². The van der Waals surface area contributed by atoms with Crippen molar-refractivity contribution in [3.63, 3.8) is 0 Å². The molecular formula is C28H32Cl2N6O4. The van der Waals surface area contributed by atoms with Crippen LogP contribution in [0.5, 0.6) is 0 Å². The van der Waals surface area contributed by atoms with E-state index in [1.165, 1.54) is 4.90 Å². The summed E-state index contributed by atoms with van der Waals surface area (Å²) in [6, 6.07) is 17.4. The van der Waals surface area contributed by atoms with E-state index >= 15 is 0 Å². The zero-order valence-corrected chi connectivity index (χ0v) is 23.6. The Hall–Kier alpha value is -3.99. The van der Waals surface area contributed by atoms with Crippen LogP contribution in [0.2, 0.25) is 10.0 Å². The first kappa shape index (κ1) is 30.6. The lowest BCUT2D eigenvalue weighted by Crippen LogP contribution is -2.42. The Labute approximate surface area is 242 Å². The maximum atomic E-state index is 13.0. The molecule has 0 aliphatic heterocycles. The molecule has 0 aliphatic rings. The van der Waals surface area contributed by atoms with Gasteiger partial charge in [-0.15, -0.1) is 0 Å². The average Bonchev–Trinajstić information content (AvgIpc) is 2.92. The van der Waals surface area contributed by atoms with Crippen LogP contribution in [0.1, 0.15) is 36.6 Å². The van der Waals surface area contributed by atoms with Crippen LogP contribution in [0, 0.1) is 0 Å². The van der Waals surface area contributed by atoms with Crippen LogP contribution >= 0.6 is 23.2 Å². The predicted octanol–water partition coefficient (Wildman–Crippen LogP) is 5.46. The normalized spacial score (nSPS) is 11.4. The highest BCUT2D eigenvalue weighted by atomic mass is 35.5. The minimum absolute atomic E-state index is 0.0611. The molecule has 3 rings (SSSR count). The third kappa shape index (κ3) is 9.33. The van der Waals surface area contributed by atoms with Crippen molar-refractivity contribution in [1.82, 2.24) is 15.5 Å². The van der Waals surface area contributed by atoms with E-state index in [2.05, 4.69) is 21.3 Å². The Bertz CT molecular complexity index is 1320. The summed E-state index contributed by atoms with van der Waals surface area (Å²) < 4.78 is 0. The highest BCUT2D eigenvalue weighted by Gasteiger charge is 2.22. The number of hydrogen-bond donors (Lipinski definition) is 6. The van der Waals surface area contributed by atoms with Gasteiger partial charge in [0.05, 0.1) is 22.7 Å². The first-order chi connectivity index (χ1) is 19.0. The number of anilines is 2. The first-order valence-electron chi connectivity index (χ1n) is 12.5. The topological polar surface area (TPSA) is 149 Å². The van der Waals surface area contributed by atoms with E-state index in [1.54, 1.807) is 66.7 Å². The number of primary amides is 1. The summed E-state index contributed by atoms with van der Waals surface area (Å²) in [5, 5.41) is 22.2. The van der Waals surface area contributed by atoms with Gasteiger partial charge in [0.15, 0.2) is 0 Å². The monoisotopic (exact) mass is 586 g/mol. The highest BCUT2D eigenvalue weighted by molar-refractivity contribution is 6.42. The third-order valence-corrected chi connectivity index (χ3v) is 6.66. The van der Waals surface area contributed by atoms with E-state index in [0.717, 1.165) is 11.1 Å². The fourth-order valence-electron chi connectivity index (χ4n) is 3.69. The number of nitrogens with two attached hydrogens (primary N) is 1. The molecule has 0 bridgehead atoms. The Morgan fingerprint density at radius 1 is 0.825 bits per heavy atom. The molecule has 0 radical (unpaired) electrons. The van der Waals surface area contributed by atoms with Crippen LogP contribution in [0.25, 0.3) is 0 Å². The van der Waals surface area contributed by atoms with Crippen molar-refractivity contribution in [3.05, 3.63) is 93.5 Å². The van der Waals surface area contributed by atoms with Gasteiger partial charge in [-0.3, -0.25) is 0 Å². The van der Waals surface area contributed by atoms with E-state index < -0.39 is 12.1 Å². The molecule has 1 atom stereocenters. The molecule has 12 heteroatoms. The van der Waals surface area contributed by atoms with Crippen LogP contribution in [-0.2, 0) is 13.1 Å². The maximum Gasteiger partial charge on any atom is 0.322 e. The molecular weight excluding hydrogens is 555 g/mol. The van der Waals surface area contributed by atoms with Gasteiger partial charge in [-0.05, 0) is 66.9 Å². The van der Waals surface area contributed by atoms with Crippen molar-refractivity contribution in [2.75, 3.05) is 17.2 Å². The number of carbonyl (C=O) groups is 3. The zero-order chi connectivity index (χ0) is 29.2. The number of amides is 6. The van der Waals surface area contributed by atoms with Gasteiger partial charge in [0.25, 0.3) is 0 Å². The number of urea groups is 3. The Morgan fingerprint density at radius 2 is 1.38 bits per heavy atom. The van der Waals surface area contributed by atoms with Gasteiger partial charge in [0.2, 0.25) is 0 Å². The van der Waals surface area contributed by atoms with Crippen molar-refractivity contribution in [2.24, 2.45) is 5.73 Å². The minimum Gasteiger partial charge on any atom is -0.387 e. The molecule has 6 amide bonds. The molecule has 0 saturated carbocycles. The van der Waals surface area contributed by atoms with Crippen LogP contribution in [0.3, 0.4) is 0 Å². The summed E-state index contributed by atoms with van der Waals surface area (Å²) >= 11 is 12.0. The lowest BCUT2D eigenvalue weighted by atomic mass is 10.1. The van der Waals surface area contributed by atoms with E-state index in [-0.39, 0.29) is 31.2 Å². The molecule has 0 spiro atoms. The molecule has 0 aliphatic carbocycles. The van der Waals surface area contributed by atoms with Gasteiger partial charge in [-0.2, -0.15) is 0 Å². The SMILES string of the molecule is CC(C)N(C[C@@H](O)c1ccc(Cl)c(Cl)c1)C(=O)Nc1ccc(CNC(=O)Nc2ccc(CNC(N)=O)cc2)cc1. The van der Waals surface area contributed by atoms with Crippen molar-refractivity contribution in [3.8, 4) is 0 Å². The summed E-state index contributed by atoms with van der Waals surface area (Å²) in [7, 11) is 0. The largest absolute Gasteiger partial charge is 0.387 e. The highest BCUT2D eigenvalue weighted by Crippen LogP contribution is 2.26. The van der Waals surface area contributed by atoms with Gasteiger partial charge < -0.3 is 37.0 Å². The van der Waals surface area contributed by atoms with Crippen molar-refractivity contribution >= 4 is 52.7 Å². The van der Waals surface area contributed by atoms with Gasteiger partial charge >= 0.3 is 18.1 Å². The van der Waals surface area contributed by atoms with Crippen LogP contribution in [-0.4, -0.2) is 40.7 Å². The summed E-state index contributed by atoms with van der Waals surface area (Å²) in [6.07, 6.45) is -0.945. The zero-order valence-electron chi connectivity index (χ0n) is 22.1. The van der Waals surface area contributed by atoms with Gasteiger partial charge in [-0.25, -0.2) is 14.4 Å². The smallest absolute Gasteiger partial charge is 0.322 e. The number of rotatable bonds is 10. The Balaban J connectivity index is 1.49. The second-order valence-electron chi connectivity index (χ2n) is 9.28. The number of aliphatic hydroxyl groups is 1. The number of nitrogens with one attached hydrogen (secondary N) is 4. The summed E-state index contributed by atoms with van der Waals surface area (Å²) in [5.74, 6) is 0. The molecule has 40 heavy (non-hydrogen) atoms. The van der Waals surface area contributed by atoms with E-state index in [9.17, 15) is 19.5 Å². The molecule has 0 aromatic heterocycles. The fourth-order valence-corrected chi connectivity index (χ4v) is 4.00. The number of hydrogen-bond acceptors (Lipinski definition) is 4. The molecule has 3 aromatic rings. The molecule has 0 unspecified atom stereocenters. The third-order valence-electron chi connectivity index (χ3n) is 5.92. The van der Waals surface area contributed by atoms with E-state index in [0.29, 0.717) is 33.5 Å². The lowest BCUT2D eigenvalue weighted by Gasteiger charge is -2.29. The Morgan fingerprint density at radius 3 is 1.90 bits per heavy atom. The van der Waals surface area contributed by atoms with E-state index in [4.69, 9.17) is 28.9 Å². The Kier molecular flexibility index (Phi) is 11.0. The molecule has 7 N–H and O–H groups in total. The van der Waals surface area contributed by atoms with Crippen LogP contribution < -0.4 is 27.0 Å². The molecule has 3 aromatic carbocycles. The number of benzene rings is 3. The molecule has 0 fully saturated rings. The lowest BCUT2D eigenvalue weighted by molar-refractivity contribution is 0.113. The number of aliphatic hydroxyl groups excluding tert-OH is 1. The van der Waals surface area contributed by atoms with Gasteiger partial charge in [0.1, 0.15) is 0 Å². The number of halogens is 2. The van der Waals surface area contributed by atoms with Crippen molar-refractivity contribution < 1.29 is 19.5 Å². The van der Waals surface area contributed by atoms with Gasteiger partial charge in [-0.1, -0.05) is 53.5 Å². The first-order valence-corrected chi connectivity index (χ1v) is 13.2. The van der Waals surface area contributed by atoms with Crippen molar-refractivity contribution in [2.45, 2.75) is 39.1 Å². The summed E-state index contributed by atoms with van der Waals surface area (Å²) in [6.45, 7) is 4.35. The quantitative estimate of drug-likeness (QED) is 0.187. The predicted molar refractivity (Wildman–Crippen MR) is 157 cm³/mol. The fraction of sp³-hybridized carbons (Fsp3) is 0.250. The van der Waals surface area contributed by atoms with Crippen LogP contribution in [0.15, 0.2) is 66.7 Å². The maximum absolute atomic E-state index is 13.0. The average molecular weight is 588 g/mol. The van der Waals surface area contributed by atoms with Crippen molar-refractivity contribution in [1.29, 1.82) is 0 Å². The molecule has 212 valence electrons. The second-order valence-corrected chi connectivity index (χ2v) is 10.1. The number of nitrogens with zero attached hydrogens (tertiary/aromatic N) is 1. The van der Waals surface area contributed by atoms with Gasteiger partial charge in [0, 0.05) is 30.5 Å². The molecule has 10 nitrogen and oxygen atoms in total. The summed E-state index contributed by atoms with van der Waals surface area (Å²) in [5.41, 5.74) is 8.46. The summed E-state index contributed by atoms with van der Waals surface area (Å²) in [4.78, 5) is 37.6. The minimum atomic E-state index is -0.945. The van der Waals surface area contributed by atoms with Crippen LogP contribution in [0.4, 0.5) is 25.8 Å². The standard InChI is InChI=1S/C28H32Cl2N6O4/c1-17(2)36(16-25(37)20-7-12-23(29)24(30)13-20)28(40)35-22-10-5-19(6-11-22)15-33-27(39)34-21-8-3-18(4-9-21)14-32-26(31)38/h3-13,17,25,37H,14-16H2,1-2H3,(H,35,40)(H3,31,32,38)(H2,33,34,39)/t25-/m1/s1. The second kappa shape index (κ2) is 14.4.